The molecular formula is C16H19NO4. The second-order valence-electron chi connectivity index (χ2n) is 5.15. The van der Waals surface area contributed by atoms with Crippen molar-refractivity contribution in [3.8, 4) is 5.75 Å². The highest BCUT2D eigenvalue weighted by Gasteiger charge is 2.16. The van der Waals surface area contributed by atoms with Crippen molar-refractivity contribution in [1.82, 2.24) is 0 Å². The number of unbranched alkanes of at least 4 members (excludes halogenated alkanes) is 1. The smallest absolute Gasteiger partial charge is 0.336 e. The molecule has 0 fully saturated rings. The van der Waals surface area contributed by atoms with E-state index in [1.165, 1.54) is 6.07 Å². The number of aromatic hydroxyl groups is 1. The van der Waals surface area contributed by atoms with Crippen molar-refractivity contribution in [2.75, 3.05) is 0 Å². The van der Waals surface area contributed by atoms with E-state index < -0.39 is 5.63 Å². The molecule has 5 nitrogen and oxygen atoms in total. The van der Waals surface area contributed by atoms with Crippen LogP contribution in [0.25, 0.3) is 11.0 Å². The van der Waals surface area contributed by atoms with E-state index in [1.807, 2.05) is 0 Å². The zero-order valence-electron chi connectivity index (χ0n) is 12.4. The molecular weight excluding hydrogens is 270 g/mol. The summed E-state index contributed by atoms with van der Waals surface area (Å²) in [7, 11) is 0. The van der Waals surface area contributed by atoms with Crippen LogP contribution >= 0.6 is 0 Å². The monoisotopic (exact) mass is 289 g/mol. The number of phenolic OH excluding ortho intramolecular Hbond substituents is 1. The van der Waals surface area contributed by atoms with Crippen molar-refractivity contribution in [3.63, 3.8) is 0 Å². The summed E-state index contributed by atoms with van der Waals surface area (Å²) < 4.78 is 5.24. The van der Waals surface area contributed by atoms with Gasteiger partial charge in [0.2, 0.25) is 0 Å². The fraction of sp³-hybridized carbons (Fsp3) is 0.375. The summed E-state index contributed by atoms with van der Waals surface area (Å²) in [5, 5.41) is 23.1. The Morgan fingerprint density at radius 1 is 1.38 bits per heavy atom. The molecule has 0 unspecified atom stereocenters. The highest BCUT2D eigenvalue weighted by Crippen LogP contribution is 2.32. The van der Waals surface area contributed by atoms with Crippen LogP contribution in [0.3, 0.4) is 0 Å². The number of phenols is 1. The van der Waals surface area contributed by atoms with Gasteiger partial charge in [0.1, 0.15) is 11.3 Å². The highest BCUT2D eigenvalue weighted by molar-refractivity contribution is 6.05. The van der Waals surface area contributed by atoms with Crippen molar-refractivity contribution >= 4 is 16.7 Å². The number of rotatable bonds is 4. The molecule has 2 rings (SSSR count). The molecule has 112 valence electrons. The molecule has 0 aliphatic carbocycles. The van der Waals surface area contributed by atoms with Crippen molar-refractivity contribution in [2.24, 2.45) is 5.16 Å². The summed E-state index contributed by atoms with van der Waals surface area (Å²) in [5.74, 6) is -0.0337. The van der Waals surface area contributed by atoms with E-state index in [-0.39, 0.29) is 5.75 Å². The third kappa shape index (κ3) is 2.77. The van der Waals surface area contributed by atoms with Crippen LogP contribution in [0.5, 0.6) is 5.75 Å². The van der Waals surface area contributed by atoms with Crippen LogP contribution in [0, 0.1) is 6.92 Å². The Kier molecular flexibility index (Phi) is 4.31. The first-order valence-corrected chi connectivity index (χ1v) is 6.97. The predicted molar refractivity (Wildman–Crippen MR) is 81.5 cm³/mol. The maximum Gasteiger partial charge on any atom is 0.336 e. The van der Waals surface area contributed by atoms with Gasteiger partial charge < -0.3 is 14.7 Å². The summed E-state index contributed by atoms with van der Waals surface area (Å²) in [6, 6.07) is 3.20. The average molecular weight is 289 g/mol. The Morgan fingerprint density at radius 2 is 2.10 bits per heavy atom. The van der Waals surface area contributed by atoms with Gasteiger partial charge in [-0.15, -0.1) is 0 Å². The molecule has 5 heteroatoms. The molecule has 1 aromatic carbocycles. The quantitative estimate of drug-likeness (QED) is 0.391. The number of oxime groups is 1. The molecule has 2 aromatic rings. The number of hydrogen-bond donors (Lipinski definition) is 2. The minimum atomic E-state index is -0.420. The number of nitrogens with zero attached hydrogens (tertiary/aromatic N) is 1. The Labute approximate surface area is 122 Å². The Balaban J connectivity index is 2.81. The molecule has 1 aromatic heterocycles. The molecule has 0 radical (unpaired) electrons. The lowest BCUT2D eigenvalue weighted by atomic mass is 9.97. The van der Waals surface area contributed by atoms with Crippen LogP contribution in [-0.2, 0) is 6.42 Å². The van der Waals surface area contributed by atoms with Gasteiger partial charge >= 0.3 is 5.63 Å². The van der Waals surface area contributed by atoms with E-state index in [1.54, 1.807) is 19.9 Å². The fourth-order valence-electron chi connectivity index (χ4n) is 2.41. The van der Waals surface area contributed by atoms with Gasteiger partial charge in [0.25, 0.3) is 0 Å². The Bertz CT molecular complexity index is 759. The van der Waals surface area contributed by atoms with Crippen LogP contribution < -0.4 is 5.63 Å². The first-order chi connectivity index (χ1) is 9.99. The molecule has 0 bridgehead atoms. The lowest BCUT2D eigenvalue weighted by Gasteiger charge is -2.12. The third-order valence-corrected chi connectivity index (χ3v) is 3.66. The van der Waals surface area contributed by atoms with Crippen molar-refractivity contribution in [2.45, 2.75) is 40.0 Å². The first kappa shape index (κ1) is 15.1. The van der Waals surface area contributed by atoms with E-state index in [0.717, 1.165) is 30.2 Å². The number of aryl methyl sites for hydroxylation is 2. The zero-order valence-corrected chi connectivity index (χ0v) is 12.4. The van der Waals surface area contributed by atoms with Gasteiger partial charge in [0.05, 0.1) is 5.71 Å². The second-order valence-corrected chi connectivity index (χ2v) is 5.15. The normalized spacial score (nSPS) is 12.0. The van der Waals surface area contributed by atoms with Gasteiger partial charge in [-0.3, -0.25) is 0 Å². The van der Waals surface area contributed by atoms with Gasteiger partial charge in [-0.1, -0.05) is 18.5 Å². The van der Waals surface area contributed by atoms with Crippen LogP contribution in [0.4, 0.5) is 0 Å². The third-order valence-electron chi connectivity index (χ3n) is 3.66. The lowest BCUT2D eigenvalue weighted by Crippen LogP contribution is -2.04. The molecule has 0 atom stereocenters. The maximum atomic E-state index is 11.7. The van der Waals surface area contributed by atoms with Crippen molar-refractivity contribution in [3.05, 3.63) is 39.2 Å². The van der Waals surface area contributed by atoms with E-state index in [9.17, 15) is 9.90 Å². The summed E-state index contributed by atoms with van der Waals surface area (Å²) in [6.07, 6.45) is 2.74. The standard InChI is InChI=1S/C16H19NO4/c1-4-5-6-11-7-14(18)21-16-9(2)15(19)12(8-13(11)16)10(3)17-20/h7-8,19-20H,4-6H2,1-3H3/b17-10+. The lowest BCUT2D eigenvalue weighted by molar-refractivity contribution is 0.318. The molecule has 0 spiro atoms. The fourth-order valence-corrected chi connectivity index (χ4v) is 2.41. The molecule has 0 saturated heterocycles. The molecule has 21 heavy (non-hydrogen) atoms. The Hall–Kier alpha value is -2.30. The van der Waals surface area contributed by atoms with E-state index in [0.29, 0.717) is 22.4 Å². The van der Waals surface area contributed by atoms with Gasteiger partial charge in [0.15, 0.2) is 0 Å². The van der Waals surface area contributed by atoms with Gasteiger partial charge in [-0.2, -0.15) is 0 Å². The number of fused-ring (bicyclic) bond motifs is 1. The SMILES string of the molecule is CCCCc1cc(=O)oc2c(C)c(O)c(/C(C)=N/O)cc12. The zero-order chi connectivity index (χ0) is 15.6. The number of benzene rings is 1. The van der Waals surface area contributed by atoms with E-state index >= 15 is 0 Å². The molecule has 2 N–H and O–H groups in total. The van der Waals surface area contributed by atoms with Gasteiger partial charge in [-0.05, 0) is 38.3 Å². The minimum absolute atomic E-state index is 0.0337. The molecule has 0 aliphatic rings. The van der Waals surface area contributed by atoms with Crippen LogP contribution in [0.1, 0.15) is 43.4 Å². The van der Waals surface area contributed by atoms with E-state index in [2.05, 4.69) is 12.1 Å². The molecule has 1 heterocycles. The van der Waals surface area contributed by atoms with Crippen LogP contribution in [0.2, 0.25) is 0 Å². The largest absolute Gasteiger partial charge is 0.507 e. The van der Waals surface area contributed by atoms with Gasteiger partial charge in [0, 0.05) is 22.6 Å². The molecule has 0 aliphatic heterocycles. The van der Waals surface area contributed by atoms with Crippen molar-refractivity contribution in [1.29, 1.82) is 0 Å². The van der Waals surface area contributed by atoms with Crippen LogP contribution in [0.15, 0.2) is 26.5 Å². The summed E-state index contributed by atoms with van der Waals surface area (Å²) in [4.78, 5) is 11.7. The minimum Gasteiger partial charge on any atom is -0.507 e. The number of hydrogen-bond acceptors (Lipinski definition) is 5. The van der Waals surface area contributed by atoms with Crippen LogP contribution in [-0.4, -0.2) is 16.0 Å². The highest BCUT2D eigenvalue weighted by atomic mass is 16.4. The summed E-state index contributed by atoms with van der Waals surface area (Å²) >= 11 is 0. The second kappa shape index (κ2) is 5.99. The predicted octanol–water partition coefficient (Wildman–Crippen LogP) is 3.35. The van der Waals surface area contributed by atoms with Crippen molar-refractivity contribution < 1.29 is 14.7 Å². The molecule has 0 amide bonds. The summed E-state index contributed by atoms with van der Waals surface area (Å²) in [6.45, 7) is 5.36. The topological polar surface area (TPSA) is 83.0 Å². The molecule has 0 saturated carbocycles. The first-order valence-electron chi connectivity index (χ1n) is 6.97. The maximum absolute atomic E-state index is 11.7. The van der Waals surface area contributed by atoms with E-state index in [4.69, 9.17) is 9.62 Å². The summed E-state index contributed by atoms with van der Waals surface area (Å²) in [5.41, 5.74) is 2.08. The Morgan fingerprint density at radius 3 is 2.71 bits per heavy atom. The average Bonchev–Trinajstić information content (AvgIpc) is 2.48. The van der Waals surface area contributed by atoms with Gasteiger partial charge in [-0.25, -0.2) is 4.79 Å².